The van der Waals surface area contributed by atoms with E-state index in [0.717, 1.165) is 18.7 Å². The Hall–Kier alpha value is -1.96. The fraction of sp³-hybridized carbons (Fsp3) is 0.500. The third kappa shape index (κ3) is 7.72. The SMILES string of the molecule is CCN(C)CCNC(N)=NCc1ccc(OC(F)(F)F)cc1. The van der Waals surface area contributed by atoms with Crippen molar-refractivity contribution in [3.63, 3.8) is 0 Å². The molecular formula is C14H21F3N4O. The molecule has 0 saturated carbocycles. The van der Waals surface area contributed by atoms with Crippen molar-refractivity contribution in [2.24, 2.45) is 10.7 Å². The van der Waals surface area contributed by atoms with Gasteiger partial charge in [-0.2, -0.15) is 0 Å². The summed E-state index contributed by atoms with van der Waals surface area (Å²) in [5.41, 5.74) is 6.45. The van der Waals surface area contributed by atoms with E-state index in [1.807, 2.05) is 7.05 Å². The first-order chi connectivity index (χ1) is 10.3. The molecule has 0 aliphatic carbocycles. The molecule has 5 nitrogen and oxygen atoms in total. The lowest BCUT2D eigenvalue weighted by atomic mass is 10.2. The maximum Gasteiger partial charge on any atom is 0.573 e. The molecule has 1 aromatic carbocycles. The van der Waals surface area contributed by atoms with E-state index in [9.17, 15) is 13.2 Å². The Bertz CT molecular complexity index is 474. The Kier molecular flexibility index (Phi) is 6.97. The quantitative estimate of drug-likeness (QED) is 0.596. The van der Waals surface area contributed by atoms with Gasteiger partial charge >= 0.3 is 6.36 Å². The predicted octanol–water partition coefficient (Wildman–Crippen LogP) is 1.94. The number of nitrogens with one attached hydrogen (secondary N) is 1. The van der Waals surface area contributed by atoms with Crippen molar-refractivity contribution in [2.45, 2.75) is 19.8 Å². The molecule has 0 aromatic heterocycles. The summed E-state index contributed by atoms with van der Waals surface area (Å²) in [5.74, 6) is 0.0500. The smallest absolute Gasteiger partial charge is 0.406 e. The molecule has 0 spiro atoms. The molecule has 0 unspecified atom stereocenters. The van der Waals surface area contributed by atoms with Gasteiger partial charge in [-0.1, -0.05) is 19.1 Å². The molecule has 0 radical (unpaired) electrons. The fourth-order valence-corrected chi connectivity index (χ4v) is 1.56. The lowest BCUT2D eigenvalue weighted by Gasteiger charge is -2.14. The van der Waals surface area contributed by atoms with Gasteiger partial charge in [0.05, 0.1) is 6.54 Å². The third-order valence-corrected chi connectivity index (χ3v) is 2.93. The Labute approximate surface area is 128 Å². The van der Waals surface area contributed by atoms with Crippen molar-refractivity contribution in [1.82, 2.24) is 10.2 Å². The molecule has 0 saturated heterocycles. The van der Waals surface area contributed by atoms with Gasteiger partial charge in [-0.25, -0.2) is 4.99 Å². The van der Waals surface area contributed by atoms with Crippen LogP contribution in [0.2, 0.25) is 0 Å². The van der Waals surface area contributed by atoms with Crippen LogP contribution < -0.4 is 15.8 Å². The molecule has 0 fully saturated rings. The number of aliphatic imine (C=N–C) groups is 1. The van der Waals surface area contributed by atoms with E-state index in [1.54, 1.807) is 0 Å². The van der Waals surface area contributed by atoms with E-state index in [1.165, 1.54) is 24.3 Å². The maximum atomic E-state index is 12.0. The van der Waals surface area contributed by atoms with Crippen molar-refractivity contribution in [3.05, 3.63) is 29.8 Å². The highest BCUT2D eigenvalue weighted by atomic mass is 19.4. The monoisotopic (exact) mass is 318 g/mol. The fourth-order valence-electron chi connectivity index (χ4n) is 1.56. The Morgan fingerprint density at radius 3 is 2.50 bits per heavy atom. The molecule has 3 N–H and O–H groups in total. The van der Waals surface area contributed by atoms with Gasteiger partial charge in [-0.3, -0.25) is 0 Å². The number of nitrogens with two attached hydrogens (primary N) is 1. The highest BCUT2D eigenvalue weighted by Crippen LogP contribution is 2.22. The van der Waals surface area contributed by atoms with Crippen molar-refractivity contribution >= 4 is 5.96 Å². The van der Waals surface area contributed by atoms with Crippen LogP contribution in [0.3, 0.4) is 0 Å². The van der Waals surface area contributed by atoms with Gasteiger partial charge in [0.15, 0.2) is 5.96 Å². The molecule has 0 heterocycles. The zero-order valence-electron chi connectivity index (χ0n) is 12.7. The highest BCUT2D eigenvalue weighted by Gasteiger charge is 2.30. The summed E-state index contributed by atoms with van der Waals surface area (Å²) in [5, 5.41) is 2.97. The van der Waals surface area contributed by atoms with Crippen molar-refractivity contribution < 1.29 is 17.9 Å². The van der Waals surface area contributed by atoms with E-state index in [0.29, 0.717) is 12.5 Å². The third-order valence-electron chi connectivity index (χ3n) is 2.93. The standard InChI is InChI=1S/C14H21F3N4O/c1-3-21(2)9-8-19-13(18)20-10-11-4-6-12(7-5-11)22-14(15,16)17/h4-7H,3,8-10H2,1-2H3,(H3,18,19,20). The minimum Gasteiger partial charge on any atom is -0.406 e. The van der Waals surface area contributed by atoms with Gasteiger partial charge in [0, 0.05) is 13.1 Å². The number of nitrogens with zero attached hydrogens (tertiary/aromatic N) is 2. The van der Waals surface area contributed by atoms with Crippen LogP contribution in [0.1, 0.15) is 12.5 Å². The number of hydrogen-bond donors (Lipinski definition) is 2. The summed E-state index contributed by atoms with van der Waals surface area (Å²) in [6, 6.07) is 5.53. The minimum atomic E-state index is -4.68. The van der Waals surface area contributed by atoms with Crippen molar-refractivity contribution in [3.8, 4) is 5.75 Å². The summed E-state index contributed by atoms with van der Waals surface area (Å²) in [6.45, 7) is 4.82. The first kappa shape index (κ1) is 18.1. The van der Waals surface area contributed by atoms with Crippen LogP contribution in [-0.4, -0.2) is 43.9 Å². The van der Waals surface area contributed by atoms with Gasteiger partial charge < -0.3 is 20.7 Å². The van der Waals surface area contributed by atoms with Gasteiger partial charge in [0.25, 0.3) is 0 Å². The highest BCUT2D eigenvalue weighted by molar-refractivity contribution is 5.77. The topological polar surface area (TPSA) is 62.9 Å². The lowest BCUT2D eigenvalue weighted by Crippen LogP contribution is -2.37. The van der Waals surface area contributed by atoms with Gasteiger partial charge in [0.1, 0.15) is 5.75 Å². The van der Waals surface area contributed by atoms with Crippen LogP contribution >= 0.6 is 0 Å². The number of halogens is 3. The average molecular weight is 318 g/mol. The van der Waals surface area contributed by atoms with Crippen LogP contribution in [0.25, 0.3) is 0 Å². The Balaban J connectivity index is 2.41. The average Bonchev–Trinajstić information content (AvgIpc) is 2.44. The van der Waals surface area contributed by atoms with Crippen LogP contribution in [-0.2, 0) is 6.54 Å². The zero-order chi connectivity index (χ0) is 16.6. The van der Waals surface area contributed by atoms with Crippen LogP contribution in [0, 0.1) is 0 Å². The number of rotatable bonds is 7. The van der Waals surface area contributed by atoms with E-state index in [2.05, 4.69) is 26.9 Å². The molecule has 0 aliphatic heterocycles. The summed E-state index contributed by atoms with van der Waals surface area (Å²) in [4.78, 5) is 6.25. The zero-order valence-corrected chi connectivity index (χ0v) is 12.7. The second-order valence-electron chi connectivity index (χ2n) is 4.72. The summed E-state index contributed by atoms with van der Waals surface area (Å²) >= 11 is 0. The largest absolute Gasteiger partial charge is 0.573 e. The Morgan fingerprint density at radius 2 is 1.95 bits per heavy atom. The van der Waals surface area contributed by atoms with Gasteiger partial charge in [0.2, 0.25) is 0 Å². The van der Waals surface area contributed by atoms with Gasteiger partial charge in [-0.15, -0.1) is 13.2 Å². The second kappa shape index (κ2) is 8.47. The first-order valence-corrected chi connectivity index (χ1v) is 6.87. The molecule has 1 rings (SSSR count). The van der Waals surface area contributed by atoms with Crippen molar-refractivity contribution in [1.29, 1.82) is 0 Å². The molecule has 0 bridgehead atoms. The number of likely N-dealkylation sites (N-methyl/N-ethyl adjacent to an activating group) is 1. The molecule has 8 heteroatoms. The predicted molar refractivity (Wildman–Crippen MR) is 79.6 cm³/mol. The summed E-state index contributed by atoms with van der Waals surface area (Å²) in [6.07, 6.45) is -4.68. The number of hydrogen-bond acceptors (Lipinski definition) is 3. The lowest BCUT2D eigenvalue weighted by molar-refractivity contribution is -0.274. The van der Waals surface area contributed by atoms with Crippen LogP contribution in [0.5, 0.6) is 5.75 Å². The summed E-state index contributed by atoms with van der Waals surface area (Å²) in [7, 11) is 2.00. The van der Waals surface area contributed by atoms with E-state index >= 15 is 0 Å². The summed E-state index contributed by atoms with van der Waals surface area (Å²) < 4.78 is 39.9. The number of ether oxygens (including phenoxy) is 1. The molecule has 0 atom stereocenters. The molecular weight excluding hydrogens is 297 g/mol. The number of alkyl halides is 3. The number of guanidine groups is 1. The van der Waals surface area contributed by atoms with Gasteiger partial charge in [-0.05, 0) is 31.3 Å². The Morgan fingerprint density at radius 1 is 1.32 bits per heavy atom. The molecule has 1 aromatic rings. The molecule has 0 aliphatic rings. The molecule has 22 heavy (non-hydrogen) atoms. The normalized spacial score (nSPS) is 12.5. The van der Waals surface area contributed by atoms with Crippen LogP contribution in [0.15, 0.2) is 29.3 Å². The van der Waals surface area contributed by atoms with Crippen LogP contribution in [0.4, 0.5) is 13.2 Å². The van der Waals surface area contributed by atoms with E-state index in [-0.39, 0.29) is 12.3 Å². The maximum absolute atomic E-state index is 12.0. The van der Waals surface area contributed by atoms with E-state index < -0.39 is 6.36 Å². The minimum absolute atomic E-state index is 0.256. The number of benzene rings is 1. The first-order valence-electron chi connectivity index (χ1n) is 6.87. The molecule has 0 amide bonds. The van der Waals surface area contributed by atoms with E-state index in [4.69, 9.17) is 5.73 Å². The molecule has 124 valence electrons. The van der Waals surface area contributed by atoms with Crippen molar-refractivity contribution in [2.75, 3.05) is 26.7 Å². The second-order valence-corrected chi connectivity index (χ2v) is 4.72.